The van der Waals surface area contributed by atoms with Gasteiger partial charge in [0.2, 0.25) is 17.7 Å². The molecular weight excluding hydrogens is 668 g/mol. The Labute approximate surface area is 295 Å². The van der Waals surface area contributed by atoms with E-state index in [0.717, 1.165) is 0 Å². The molecule has 7 atom stereocenters. The molecule has 0 bridgehead atoms. The molecule has 1 saturated heterocycles. The highest BCUT2D eigenvalue weighted by Crippen LogP contribution is 2.27. The summed E-state index contributed by atoms with van der Waals surface area (Å²) in [6, 6.07) is 2.66. The lowest BCUT2D eigenvalue weighted by molar-refractivity contribution is -0.228. The number of hydrogen-bond donors (Lipinski definition) is 7. The summed E-state index contributed by atoms with van der Waals surface area (Å²) in [4.78, 5) is 76.2. The van der Waals surface area contributed by atoms with Gasteiger partial charge in [-0.2, -0.15) is 0 Å². The van der Waals surface area contributed by atoms with E-state index in [4.69, 9.17) is 9.47 Å². The number of amides is 4. The average molecular weight is 717 g/mol. The third-order valence-electron chi connectivity index (χ3n) is 8.45. The van der Waals surface area contributed by atoms with Gasteiger partial charge in [0, 0.05) is 17.5 Å². The van der Waals surface area contributed by atoms with Crippen molar-refractivity contribution in [3.63, 3.8) is 0 Å². The molecule has 0 aliphatic carbocycles. The number of hydrogen-bond acceptors (Lipinski definition) is 11. The van der Waals surface area contributed by atoms with Crippen molar-refractivity contribution in [2.24, 2.45) is 11.3 Å². The van der Waals surface area contributed by atoms with E-state index < -0.39 is 83.6 Å². The third kappa shape index (κ3) is 10.7. The SMILES string of the molecule is C=C1C=CC(=O)N1CC(=O)N[C@H](C(=O)N[C@@H](C)C(=O)Nc1ccc(COC(=O)C(C)(C)C)c(CC[C@@H]2O[C@H](C(=O)O)[C@@H](O)[C@H](O)[C@H]2O)c1)C(C)C. The van der Waals surface area contributed by atoms with E-state index in [0.29, 0.717) is 22.5 Å². The highest BCUT2D eigenvalue weighted by atomic mass is 16.6. The van der Waals surface area contributed by atoms with E-state index in [1.807, 2.05) is 0 Å². The van der Waals surface area contributed by atoms with E-state index in [1.54, 1.807) is 52.8 Å². The van der Waals surface area contributed by atoms with Crippen molar-refractivity contribution >= 4 is 41.3 Å². The number of carboxylic acids is 1. The molecule has 2 aliphatic rings. The maximum Gasteiger partial charge on any atom is 0.335 e. The van der Waals surface area contributed by atoms with Gasteiger partial charge in [-0.15, -0.1) is 0 Å². The monoisotopic (exact) mass is 716 g/mol. The Hall–Kier alpha value is -4.64. The number of aryl methyl sites for hydroxylation is 1. The Kier molecular flexibility index (Phi) is 13.6. The van der Waals surface area contributed by atoms with Gasteiger partial charge in [-0.3, -0.25) is 24.0 Å². The normalized spacial score (nSPS) is 23.1. The second kappa shape index (κ2) is 17.0. The molecule has 1 fully saturated rings. The summed E-state index contributed by atoms with van der Waals surface area (Å²) in [6.45, 7) is 13.2. The van der Waals surface area contributed by atoms with Crippen LogP contribution in [0, 0.1) is 11.3 Å². The molecule has 7 N–H and O–H groups in total. The molecular formula is C35H48N4O12. The number of carboxylic acid groups (broad SMARTS) is 1. The van der Waals surface area contributed by atoms with Crippen LogP contribution in [0.4, 0.5) is 5.69 Å². The van der Waals surface area contributed by atoms with Gasteiger partial charge in [0.25, 0.3) is 5.91 Å². The smallest absolute Gasteiger partial charge is 0.335 e. The van der Waals surface area contributed by atoms with Crippen LogP contribution in [0.15, 0.2) is 42.6 Å². The Morgan fingerprint density at radius 1 is 0.961 bits per heavy atom. The van der Waals surface area contributed by atoms with Crippen LogP contribution in [0.3, 0.4) is 0 Å². The molecule has 3 rings (SSSR count). The molecule has 4 amide bonds. The molecule has 280 valence electrons. The molecule has 0 saturated carbocycles. The minimum absolute atomic E-state index is 0.0162. The first-order valence-electron chi connectivity index (χ1n) is 16.5. The molecule has 51 heavy (non-hydrogen) atoms. The van der Waals surface area contributed by atoms with Gasteiger partial charge in [0.15, 0.2) is 6.10 Å². The lowest BCUT2D eigenvalue weighted by Crippen LogP contribution is -2.59. The van der Waals surface area contributed by atoms with Crippen molar-refractivity contribution < 1.29 is 58.7 Å². The summed E-state index contributed by atoms with van der Waals surface area (Å²) >= 11 is 0. The predicted molar refractivity (Wildman–Crippen MR) is 181 cm³/mol. The summed E-state index contributed by atoms with van der Waals surface area (Å²) in [5.74, 6) is -4.57. The average Bonchev–Trinajstić information content (AvgIpc) is 3.36. The Balaban J connectivity index is 1.72. The van der Waals surface area contributed by atoms with E-state index in [-0.39, 0.29) is 31.9 Å². The lowest BCUT2D eigenvalue weighted by atomic mass is 9.91. The van der Waals surface area contributed by atoms with Gasteiger partial charge in [0.05, 0.1) is 11.5 Å². The number of allylic oxidation sites excluding steroid dienone is 1. The molecule has 0 unspecified atom stereocenters. The van der Waals surface area contributed by atoms with Gasteiger partial charge in [0.1, 0.15) is 43.5 Å². The number of carbonyl (C=O) groups excluding carboxylic acids is 5. The summed E-state index contributed by atoms with van der Waals surface area (Å²) in [5, 5.41) is 48.1. The van der Waals surface area contributed by atoms with E-state index in [9.17, 15) is 49.2 Å². The molecule has 2 aliphatic heterocycles. The number of aliphatic carboxylic acids is 1. The largest absolute Gasteiger partial charge is 0.479 e. The summed E-state index contributed by atoms with van der Waals surface area (Å²) in [5.41, 5.74) is 0.931. The van der Waals surface area contributed by atoms with Crippen LogP contribution in [0.2, 0.25) is 0 Å². The summed E-state index contributed by atoms with van der Waals surface area (Å²) < 4.78 is 10.9. The van der Waals surface area contributed by atoms with Crippen molar-refractivity contribution in [1.82, 2.24) is 15.5 Å². The van der Waals surface area contributed by atoms with Crippen molar-refractivity contribution in [3.05, 3.63) is 53.8 Å². The molecule has 0 spiro atoms. The molecule has 0 radical (unpaired) electrons. The zero-order valence-corrected chi connectivity index (χ0v) is 29.5. The highest BCUT2D eigenvalue weighted by molar-refractivity contribution is 5.99. The maximum absolute atomic E-state index is 13.2. The number of rotatable bonds is 14. The number of esters is 1. The quantitative estimate of drug-likeness (QED) is 0.127. The molecule has 16 nitrogen and oxygen atoms in total. The molecule has 1 aromatic carbocycles. The van der Waals surface area contributed by atoms with Crippen molar-refractivity contribution in [2.45, 2.75) is 104 Å². The van der Waals surface area contributed by atoms with Crippen molar-refractivity contribution in [1.29, 1.82) is 0 Å². The van der Waals surface area contributed by atoms with Gasteiger partial charge >= 0.3 is 11.9 Å². The van der Waals surface area contributed by atoms with Crippen LogP contribution >= 0.6 is 0 Å². The maximum atomic E-state index is 13.2. The molecule has 1 aromatic rings. The van der Waals surface area contributed by atoms with E-state index >= 15 is 0 Å². The number of benzene rings is 1. The zero-order chi connectivity index (χ0) is 38.4. The molecule has 16 heteroatoms. The van der Waals surface area contributed by atoms with Gasteiger partial charge in [-0.05, 0) is 75.8 Å². The van der Waals surface area contributed by atoms with Crippen molar-refractivity contribution in [3.8, 4) is 0 Å². The van der Waals surface area contributed by atoms with Gasteiger partial charge in [-0.25, -0.2) is 4.79 Å². The number of aliphatic hydroxyl groups is 3. The fraction of sp³-hybridized carbons (Fsp3) is 0.543. The van der Waals surface area contributed by atoms with E-state index in [2.05, 4.69) is 22.5 Å². The standard InChI is InChI=1S/C35H48N4O12/c1-17(2)26(38-24(40)15-39-18(3)8-13-25(39)41)32(46)36-19(4)31(45)37-22-11-9-21(16-50-34(49)35(5,6)7)20(14-22)10-12-23-27(42)28(43)29(44)30(51-23)33(47)48/h8-9,11,13-14,17,19,23,26-30,42-44H,3,10,12,15-16H2,1-2,4-7H3,(H,36,46)(H,37,45)(H,38,40)(H,47,48)/t19-,23-,26-,27-,28+,29-,30-/m0/s1. The Bertz CT molecular complexity index is 1530. The lowest BCUT2D eigenvalue weighted by Gasteiger charge is -2.39. The Morgan fingerprint density at radius 2 is 1.63 bits per heavy atom. The fourth-order valence-electron chi connectivity index (χ4n) is 5.31. The number of aliphatic hydroxyl groups excluding tert-OH is 3. The van der Waals surface area contributed by atoms with Crippen LogP contribution in [0.5, 0.6) is 0 Å². The number of ether oxygens (including phenoxy) is 2. The van der Waals surface area contributed by atoms with Gasteiger partial charge in [-0.1, -0.05) is 26.5 Å². The number of anilines is 1. The first-order valence-corrected chi connectivity index (χ1v) is 16.5. The number of nitrogens with one attached hydrogen (secondary N) is 3. The Morgan fingerprint density at radius 3 is 2.20 bits per heavy atom. The minimum atomic E-state index is -1.84. The van der Waals surface area contributed by atoms with Gasteiger partial charge < -0.3 is 50.8 Å². The topological polar surface area (TPSA) is 241 Å². The van der Waals surface area contributed by atoms with Crippen molar-refractivity contribution in [2.75, 3.05) is 11.9 Å². The number of carbonyl (C=O) groups is 6. The summed E-state index contributed by atoms with van der Waals surface area (Å²) in [7, 11) is 0. The summed E-state index contributed by atoms with van der Waals surface area (Å²) in [6.07, 6.45) is -5.29. The fourth-order valence-corrected chi connectivity index (χ4v) is 5.31. The highest BCUT2D eigenvalue weighted by Gasteiger charge is 2.46. The molecule has 0 aromatic heterocycles. The second-order valence-corrected chi connectivity index (χ2v) is 14.0. The van der Waals surface area contributed by atoms with Crippen LogP contribution < -0.4 is 16.0 Å². The van der Waals surface area contributed by atoms with Crippen LogP contribution in [-0.2, 0) is 51.3 Å². The van der Waals surface area contributed by atoms with Crippen LogP contribution in [-0.4, -0.2) is 110 Å². The van der Waals surface area contributed by atoms with E-state index in [1.165, 1.54) is 24.0 Å². The zero-order valence-electron chi connectivity index (χ0n) is 29.5. The van der Waals surface area contributed by atoms with Crippen LogP contribution in [0.25, 0.3) is 0 Å². The predicted octanol–water partition coefficient (Wildman–Crippen LogP) is 0.139. The minimum Gasteiger partial charge on any atom is -0.479 e. The third-order valence-corrected chi connectivity index (χ3v) is 8.45. The second-order valence-electron chi connectivity index (χ2n) is 14.0. The molecule has 2 heterocycles. The number of nitrogens with zero attached hydrogens (tertiary/aromatic N) is 1. The first kappa shape index (κ1) is 40.8. The first-order chi connectivity index (χ1) is 23.7. The van der Waals surface area contributed by atoms with Crippen LogP contribution in [0.1, 0.15) is 59.1 Å².